The van der Waals surface area contributed by atoms with Crippen LogP contribution >= 0.6 is 0 Å². The molecule has 2 atom stereocenters. The summed E-state index contributed by atoms with van der Waals surface area (Å²) in [4.78, 5) is 10.8. The van der Waals surface area contributed by atoms with E-state index in [1.165, 1.54) is 10.4 Å². The molecule has 0 amide bonds. The van der Waals surface area contributed by atoms with Crippen molar-refractivity contribution >= 4 is 25.0 Å². The van der Waals surface area contributed by atoms with E-state index >= 15 is 0 Å². The highest BCUT2D eigenvalue weighted by atomic mass is 28.4. The third-order valence-electron chi connectivity index (χ3n) is 6.78. The molecule has 1 saturated carbocycles. The Balaban J connectivity index is 1.97. The predicted molar refractivity (Wildman–Crippen MR) is 120 cm³/mol. The summed E-state index contributed by atoms with van der Waals surface area (Å²) in [5, 5.41) is 2.67. The second-order valence-electron chi connectivity index (χ2n) is 9.75. The van der Waals surface area contributed by atoms with E-state index in [2.05, 4.69) is 95.3 Å². The van der Waals surface area contributed by atoms with Crippen molar-refractivity contribution in [2.75, 3.05) is 6.61 Å². The Morgan fingerprint density at radius 3 is 1.86 bits per heavy atom. The zero-order valence-electron chi connectivity index (χ0n) is 17.9. The summed E-state index contributed by atoms with van der Waals surface area (Å²) in [6.45, 7) is 12.4. The second-order valence-corrected chi connectivity index (χ2v) is 14.1. The molecule has 1 aliphatic rings. The minimum atomic E-state index is -2.47. The number of carbonyl (C=O) groups is 1. The van der Waals surface area contributed by atoms with Crippen LogP contribution in [0.25, 0.3) is 0 Å². The van der Waals surface area contributed by atoms with E-state index in [0.29, 0.717) is 18.3 Å². The largest absolute Gasteiger partial charge is 0.407 e. The van der Waals surface area contributed by atoms with E-state index < -0.39 is 8.32 Å². The smallest absolute Gasteiger partial charge is 0.261 e. The molecular weight excluding hydrogens is 360 g/mol. The van der Waals surface area contributed by atoms with Gasteiger partial charge in [-0.05, 0) is 39.1 Å². The Bertz CT molecular complexity index is 738. The third kappa shape index (κ3) is 3.75. The normalized spacial score (nSPS) is 21.3. The predicted octanol–water partition coefficient (Wildman–Crippen LogP) is 4.81. The lowest BCUT2D eigenvalue weighted by atomic mass is 10.1. The summed E-state index contributed by atoms with van der Waals surface area (Å²) in [6.07, 6.45) is 2.68. The van der Waals surface area contributed by atoms with E-state index in [4.69, 9.17) is 4.43 Å². The first-order valence-corrected chi connectivity index (χ1v) is 12.3. The van der Waals surface area contributed by atoms with Gasteiger partial charge in [-0.25, -0.2) is 0 Å². The van der Waals surface area contributed by atoms with Crippen LogP contribution < -0.4 is 10.4 Å². The first kappa shape index (κ1) is 21.0. The quantitative estimate of drug-likeness (QED) is 0.474. The SMILES string of the molecule is CC1(C)[C@@H](CCC=O)[C@@H]1CO[Si](c1ccccc1)(c1ccccc1)C(C)(C)C. The monoisotopic (exact) mass is 394 g/mol. The average Bonchev–Trinajstić information content (AvgIpc) is 3.20. The maximum atomic E-state index is 10.8. The molecule has 0 unspecified atom stereocenters. The lowest BCUT2D eigenvalue weighted by molar-refractivity contribution is -0.108. The molecule has 3 heteroatoms. The fourth-order valence-electron chi connectivity index (χ4n) is 4.99. The summed E-state index contributed by atoms with van der Waals surface area (Å²) < 4.78 is 7.09. The van der Waals surface area contributed by atoms with E-state index in [9.17, 15) is 4.79 Å². The summed E-state index contributed by atoms with van der Waals surface area (Å²) in [6, 6.07) is 21.6. The molecule has 0 N–H and O–H groups in total. The number of carbonyl (C=O) groups excluding carboxylic acids is 1. The molecule has 0 aliphatic heterocycles. The molecule has 2 aromatic rings. The van der Waals surface area contributed by atoms with Crippen LogP contribution in [0, 0.1) is 17.3 Å². The van der Waals surface area contributed by atoms with Gasteiger partial charge in [0.05, 0.1) is 0 Å². The lowest BCUT2D eigenvalue weighted by Gasteiger charge is -2.43. The van der Waals surface area contributed by atoms with E-state index in [0.717, 1.165) is 19.3 Å². The van der Waals surface area contributed by atoms with E-state index in [1.54, 1.807) is 0 Å². The minimum absolute atomic E-state index is 0.00698. The molecule has 1 aliphatic carbocycles. The number of aldehydes is 1. The van der Waals surface area contributed by atoms with Crippen LogP contribution in [0.1, 0.15) is 47.5 Å². The average molecular weight is 395 g/mol. The van der Waals surface area contributed by atoms with Gasteiger partial charge in [-0.1, -0.05) is 95.3 Å². The van der Waals surface area contributed by atoms with Crippen LogP contribution in [-0.2, 0) is 9.22 Å². The Hall–Kier alpha value is -1.71. The minimum Gasteiger partial charge on any atom is -0.407 e. The molecule has 0 aromatic heterocycles. The fourth-order valence-corrected chi connectivity index (χ4v) is 9.57. The van der Waals surface area contributed by atoms with Gasteiger partial charge in [-0.2, -0.15) is 0 Å². The second kappa shape index (κ2) is 7.96. The van der Waals surface area contributed by atoms with Crippen molar-refractivity contribution in [2.24, 2.45) is 17.3 Å². The van der Waals surface area contributed by atoms with Gasteiger partial charge in [0, 0.05) is 13.0 Å². The highest BCUT2D eigenvalue weighted by molar-refractivity contribution is 6.99. The summed E-state index contributed by atoms with van der Waals surface area (Å²) in [7, 11) is -2.47. The van der Waals surface area contributed by atoms with Crippen molar-refractivity contribution in [3.8, 4) is 0 Å². The van der Waals surface area contributed by atoms with Crippen LogP contribution in [0.2, 0.25) is 5.04 Å². The molecular formula is C25H34O2Si. The Kier molecular flexibility index (Phi) is 5.97. The molecule has 150 valence electrons. The highest BCUT2D eigenvalue weighted by Crippen LogP contribution is 2.60. The van der Waals surface area contributed by atoms with Crippen molar-refractivity contribution in [3.05, 3.63) is 60.7 Å². The molecule has 0 saturated heterocycles. The van der Waals surface area contributed by atoms with Gasteiger partial charge < -0.3 is 9.22 Å². The Morgan fingerprint density at radius 1 is 0.929 bits per heavy atom. The Morgan fingerprint density at radius 2 is 1.43 bits per heavy atom. The number of benzene rings is 2. The lowest BCUT2D eigenvalue weighted by Crippen LogP contribution is -2.66. The number of hydrogen-bond donors (Lipinski definition) is 0. The topological polar surface area (TPSA) is 26.3 Å². The standard InChI is InChI=1S/C25H34O2Si/c1-24(2,3)28(20-13-8-6-9-14-20,21-15-10-7-11-16-21)27-19-23-22(17-12-18-26)25(23,4)5/h6-11,13-16,18,22-23H,12,17,19H2,1-5H3/t22-,23-/m0/s1. The number of hydrogen-bond acceptors (Lipinski definition) is 2. The van der Waals surface area contributed by atoms with Gasteiger partial charge in [0.1, 0.15) is 6.29 Å². The van der Waals surface area contributed by atoms with Crippen LogP contribution in [0.4, 0.5) is 0 Å². The van der Waals surface area contributed by atoms with Gasteiger partial charge in [-0.3, -0.25) is 0 Å². The maximum absolute atomic E-state index is 10.8. The first-order valence-electron chi connectivity index (χ1n) is 10.4. The summed E-state index contributed by atoms with van der Waals surface area (Å²) in [5.41, 5.74) is 0.258. The van der Waals surface area contributed by atoms with Crippen molar-refractivity contribution < 1.29 is 9.22 Å². The van der Waals surface area contributed by atoms with Crippen molar-refractivity contribution in [2.45, 2.75) is 52.5 Å². The van der Waals surface area contributed by atoms with Crippen LogP contribution in [0.15, 0.2) is 60.7 Å². The van der Waals surface area contributed by atoms with Gasteiger partial charge in [0.15, 0.2) is 0 Å². The van der Waals surface area contributed by atoms with Crippen molar-refractivity contribution in [3.63, 3.8) is 0 Å². The van der Waals surface area contributed by atoms with Crippen LogP contribution in [0.5, 0.6) is 0 Å². The van der Waals surface area contributed by atoms with Gasteiger partial charge in [0.25, 0.3) is 8.32 Å². The zero-order valence-corrected chi connectivity index (χ0v) is 18.9. The molecule has 1 fully saturated rings. The molecule has 0 heterocycles. The molecule has 2 nitrogen and oxygen atoms in total. The fraction of sp³-hybridized carbons (Fsp3) is 0.480. The summed E-state index contributed by atoms with van der Waals surface area (Å²) >= 11 is 0. The highest BCUT2D eigenvalue weighted by Gasteiger charge is 2.58. The molecule has 28 heavy (non-hydrogen) atoms. The maximum Gasteiger partial charge on any atom is 0.261 e. The van der Waals surface area contributed by atoms with E-state index in [1.807, 2.05) is 0 Å². The van der Waals surface area contributed by atoms with Gasteiger partial charge in [0.2, 0.25) is 0 Å². The third-order valence-corrected chi connectivity index (χ3v) is 11.8. The molecule has 2 aromatic carbocycles. The zero-order chi connectivity index (χ0) is 20.4. The van der Waals surface area contributed by atoms with Crippen molar-refractivity contribution in [1.29, 1.82) is 0 Å². The van der Waals surface area contributed by atoms with Crippen LogP contribution in [0.3, 0.4) is 0 Å². The Labute approximate surface area is 171 Å². The molecule has 3 rings (SSSR count). The summed E-state index contributed by atoms with van der Waals surface area (Å²) in [5.74, 6) is 1.10. The van der Waals surface area contributed by atoms with Crippen LogP contribution in [-0.4, -0.2) is 21.2 Å². The van der Waals surface area contributed by atoms with Gasteiger partial charge >= 0.3 is 0 Å². The van der Waals surface area contributed by atoms with Crippen molar-refractivity contribution in [1.82, 2.24) is 0 Å². The molecule has 0 bridgehead atoms. The number of rotatable bonds is 8. The molecule has 0 spiro atoms. The van der Waals surface area contributed by atoms with E-state index in [-0.39, 0.29) is 10.5 Å². The van der Waals surface area contributed by atoms with Gasteiger partial charge in [-0.15, -0.1) is 0 Å². The molecule has 0 radical (unpaired) electrons. The first-order chi connectivity index (χ1) is 13.2.